The number of amides is 1. The largest absolute Gasteiger partial charge is 0.481 e. The van der Waals surface area contributed by atoms with Crippen LogP contribution in [0.3, 0.4) is 0 Å². The fraction of sp³-hybridized carbons (Fsp3) is 0.500. The molecule has 0 aromatic heterocycles. The van der Waals surface area contributed by atoms with Crippen molar-refractivity contribution in [1.82, 2.24) is 5.32 Å². The SMILES string of the molecule is CC(Oc1ccc(Br)cc1)C(=O)NC(CO)C(C)C. The van der Waals surface area contributed by atoms with E-state index in [4.69, 9.17) is 4.74 Å². The Labute approximate surface area is 122 Å². The Morgan fingerprint density at radius 1 is 1.32 bits per heavy atom. The van der Waals surface area contributed by atoms with Crippen molar-refractivity contribution in [3.8, 4) is 5.75 Å². The minimum Gasteiger partial charge on any atom is -0.481 e. The summed E-state index contributed by atoms with van der Waals surface area (Å²) in [6.45, 7) is 5.50. The number of hydrogen-bond acceptors (Lipinski definition) is 3. The highest BCUT2D eigenvalue weighted by Gasteiger charge is 2.20. The van der Waals surface area contributed by atoms with Crippen LogP contribution in [0.4, 0.5) is 0 Å². The van der Waals surface area contributed by atoms with E-state index in [0.717, 1.165) is 4.47 Å². The first kappa shape index (κ1) is 16.0. The summed E-state index contributed by atoms with van der Waals surface area (Å²) >= 11 is 3.34. The van der Waals surface area contributed by atoms with Crippen LogP contribution in [-0.2, 0) is 4.79 Å². The third-order valence-electron chi connectivity index (χ3n) is 2.82. The maximum atomic E-state index is 11.9. The number of aliphatic hydroxyl groups excluding tert-OH is 1. The smallest absolute Gasteiger partial charge is 0.261 e. The number of benzene rings is 1. The Balaban J connectivity index is 2.55. The molecule has 2 unspecified atom stereocenters. The van der Waals surface area contributed by atoms with Crippen LogP contribution in [0, 0.1) is 5.92 Å². The molecule has 0 aliphatic heterocycles. The number of carbonyl (C=O) groups is 1. The lowest BCUT2D eigenvalue weighted by molar-refractivity contribution is -0.128. The van der Waals surface area contributed by atoms with E-state index >= 15 is 0 Å². The van der Waals surface area contributed by atoms with Gasteiger partial charge in [-0.1, -0.05) is 29.8 Å². The van der Waals surface area contributed by atoms with Crippen LogP contribution < -0.4 is 10.1 Å². The van der Waals surface area contributed by atoms with Gasteiger partial charge in [-0.3, -0.25) is 4.79 Å². The standard InChI is InChI=1S/C14H20BrNO3/c1-9(2)13(8-17)16-14(18)10(3)19-12-6-4-11(15)5-7-12/h4-7,9-10,13,17H,8H2,1-3H3,(H,16,18). The van der Waals surface area contributed by atoms with Gasteiger partial charge in [0, 0.05) is 4.47 Å². The molecule has 106 valence electrons. The topological polar surface area (TPSA) is 58.6 Å². The van der Waals surface area contributed by atoms with Gasteiger partial charge in [-0.15, -0.1) is 0 Å². The van der Waals surface area contributed by atoms with Crippen molar-refractivity contribution in [2.24, 2.45) is 5.92 Å². The Morgan fingerprint density at radius 3 is 2.37 bits per heavy atom. The molecule has 2 atom stereocenters. The molecule has 19 heavy (non-hydrogen) atoms. The number of nitrogens with one attached hydrogen (secondary N) is 1. The average molecular weight is 330 g/mol. The summed E-state index contributed by atoms with van der Waals surface area (Å²) in [5, 5.41) is 12.0. The van der Waals surface area contributed by atoms with Crippen LogP contribution in [-0.4, -0.2) is 29.8 Å². The van der Waals surface area contributed by atoms with E-state index in [9.17, 15) is 9.90 Å². The van der Waals surface area contributed by atoms with E-state index in [0.29, 0.717) is 5.75 Å². The predicted octanol–water partition coefficient (Wildman–Crippen LogP) is 2.35. The number of aliphatic hydroxyl groups is 1. The summed E-state index contributed by atoms with van der Waals surface area (Å²) in [4.78, 5) is 11.9. The molecule has 0 saturated carbocycles. The number of rotatable bonds is 6. The molecule has 0 fully saturated rings. The lowest BCUT2D eigenvalue weighted by Crippen LogP contribution is -2.46. The molecule has 0 aliphatic carbocycles. The Morgan fingerprint density at radius 2 is 1.89 bits per heavy atom. The zero-order valence-electron chi connectivity index (χ0n) is 11.4. The van der Waals surface area contributed by atoms with Crippen LogP contribution >= 0.6 is 15.9 Å². The molecule has 0 aliphatic rings. The summed E-state index contributed by atoms with van der Waals surface area (Å²) in [6.07, 6.45) is -0.603. The normalized spacial score (nSPS) is 14.0. The van der Waals surface area contributed by atoms with Gasteiger partial charge in [-0.25, -0.2) is 0 Å². The first-order chi connectivity index (χ1) is 8.93. The third kappa shape index (κ3) is 5.20. The van der Waals surface area contributed by atoms with Crippen LogP contribution in [0.25, 0.3) is 0 Å². The van der Waals surface area contributed by atoms with Crippen LogP contribution in [0.1, 0.15) is 20.8 Å². The molecule has 2 N–H and O–H groups in total. The molecule has 1 amide bonds. The second kappa shape index (κ2) is 7.50. The maximum Gasteiger partial charge on any atom is 0.261 e. The van der Waals surface area contributed by atoms with Gasteiger partial charge >= 0.3 is 0 Å². The van der Waals surface area contributed by atoms with Crippen LogP contribution in [0.2, 0.25) is 0 Å². The first-order valence-electron chi connectivity index (χ1n) is 6.27. The number of halogens is 1. The van der Waals surface area contributed by atoms with Crippen molar-refractivity contribution < 1.29 is 14.6 Å². The summed E-state index contributed by atoms with van der Waals surface area (Å²) < 4.78 is 6.50. The fourth-order valence-corrected chi connectivity index (χ4v) is 1.76. The Bertz CT molecular complexity index is 406. The van der Waals surface area contributed by atoms with Crippen molar-refractivity contribution in [2.45, 2.75) is 32.9 Å². The van der Waals surface area contributed by atoms with Crippen molar-refractivity contribution in [2.75, 3.05) is 6.61 Å². The summed E-state index contributed by atoms with van der Waals surface area (Å²) in [7, 11) is 0. The van der Waals surface area contributed by atoms with E-state index < -0.39 is 6.10 Å². The average Bonchev–Trinajstić information content (AvgIpc) is 2.37. The van der Waals surface area contributed by atoms with Crippen molar-refractivity contribution in [1.29, 1.82) is 0 Å². The minimum absolute atomic E-state index is 0.0750. The van der Waals surface area contributed by atoms with Gasteiger partial charge in [0.2, 0.25) is 0 Å². The van der Waals surface area contributed by atoms with Crippen LogP contribution in [0.15, 0.2) is 28.7 Å². The number of ether oxygens (including phenoxy) is 1. The second-order valence-electron chi connectivity index (χ2n) is 4.76. The van der Waals surface area contributed by atoms with E-state index in [1.165, 1.54) is 0 Å². The molecular formula is C14H20BrNO3. The maximum absolute atomic E-state index is 11.9. The molecule has 0 heterocycles. The molecule has 0 bridgehead atoms. The monoisotopic (exact) mass is 329 g/mol. The van der Waals surface area contributed by atoms with Crippen molar-refractivity contribution in [3.05, 3.63) is 28.7 Å². The third-order valence-corrected chi connectivity index (χ3v) is 3.35. The lowest BCUT2D eigenvalue weighted by Gasteiger charge is -2.22. The van der Waals surface area contributed by atoms with Gasteiger partial charge < -0.3 is 15.2 Å². The quantitative estimate of drug-likeness (QED) is 0.842. The highest BCUT2D eigenvalue weighted by atomic mass is 79.9. The zero-order valence-corrected chi connectivity index (χ0v) is 13.0. The molecule has 1 rings (SSSR count). The van der Waals surface area contributed by atoms with Gasteiger partial charge in [0.15, 0.2) is 6.10 Å². The van der Waals surface area contributed by atoms with Crippen molar-refractivity contribution >= 4 is 21.8 Å². The first-order valence-corrected chi connectivity index (χ1v) is 7.06. The Kier molecular flexibility index (Phi) is 6.31. The fourth-order valence-electron chi connectivity index (χ4n) is 1.49. The van der Waals surface area contributed by atoms with E-state index in [2.05, 4.69) is 21.2 Å². The molecule has 1 aromatic carbocycles. The molecule has 4 nitrogen and oxygen atoms in total. The van der Waals surface area contributed by atoms with Crippen LogP contribution in [0.5, 0.6) is 5.75 Å². The summed E-state index contributed by atoms with van der Waals surface area (Å²) in [5.74, 6) is 0.584. The van der Waals surface area contributed by atoms with E-state index in [-0.39, 0.29) is 24.5 Å². The molecule has 5 heteroatoms. The number of hydrogen-bond donors (Lipinski definition) is 2. The van der Waals surface area contributed by atoms with Gasteiger partial charge in [0.25, 0.3) is 5.91 Å². The van der Waals surface area contributed by atoms with Gasteiger partial charge in [-0.05, 0) is 37.1 Å². The molecule has 0 radical (unpaired) electrons. The zero-order chi connectivity index (χ0) is 14.4. The molecule has 0 spiro atoms. The van der Waals surface area contributed by atoms with Gasteiger partial charge in [0.05, 0.1) is 12.6 Å². The van der Waals surface area contributed by atoms with Gasteiger partial charge in [0.1, 0.15) is 5.75 Å². The number of carbonyl (C=O) groups excluding carboxylic acids is 1. The van der Waals surface area contributed by atoms with Gasteiger partial charge in [-0.2, -0.15) is 0 Å². The summed E-state index contributed by atoms with van der Waals surface area (Å²) in [6, 6.07) is 7.04. The van der Waals surface area contributed by atoms with E-state index in [1.54, 1.807) is 19.1 Å². The van der Waals surface area contributed by atoms with E-state index in [1.807, 2.05) is 26.0 Å². The minimum atomic E-state index is -0.603. The highest BCUT2D eigenvalue weighted by molar-refractivity contribution is 9.10. The Hall–Kier alpha value is -1.07. The lowest BCUT2D eigenvalue weighted by atomic mass is 10.1. The predicted molar refractivity (Wildman–Crippen MR) is 78.1 cm³/mol. The molecule has 1 aromatic rings. The van der Waals surface area contributed by atoms with Crippen molar-refractivity contribution in [3.63, 3.8) is 0 Å². The second-order valence-corrected chi connectivity index (χ2v) is 5.67. The molecular weight excluding hydrogens is 310 g/mol. The summed E-state index contributed by atoms with van der Waals surface area (Å²) in [5.41, 5.74) is 0. The highest BCUT2D eigenvalue weighted by Crippen LogP contribution is 2.17. The molecule has 0 saturated heterocycles.